The van der Waals surface area contributed by atoms with Crippen molar-refractivity contribution in [2.75, 3.05) is 16.8 Å². The number of hydrogen-bond donors (Lipinski definition) is 4. The van der Waals surface area contributed by atoms with Gasteiger partial charge in [-0.1, -0.05) is 0 Å². The van der Waals surface area contributed by atoms with Gasteiger partial charge in [-0.15, -0.1) is 0 Å². The summed E-state index contributed by atoms with van der Waals surface area (Å²) < 4.78 is 0. The van der Waals surface area contributed by atoms with Gasteiger partial charge in [0.2, 0.25) is 0 Å². The fourth-order valence-electron chi connectivity index (χ4n) is 1.99. The minimum atomic E-state index is -1.24. The van der Waals surface area contributed by atoms with Crippen LogP contribution >= 0.6 is 11.8 Å². The molecule has 6 nitrogen and oxygen atoms in total. The predicted molar refractivity (Wildman–Crippen MR) is 77.6 cm³/mol. The zero-order valence-electron chi connectivity index (χ0n) is 10.8. The van der Waals surface area contributed by atoms with Crippen molar-refractivity contribution in [3.8, 4) is 5.75 Å². The first kappa shape index (κ1) is 14.5. The summed E-state index contributed by atoms with van der Waals surface area (Å²) in [5.41, 5.74) is 0.0946. The van der Waals surface area contributed by atoms with E-state index in [0.29, 0.717) is 5.69 Å². The summed E-state index contributed by atoms with van der Waals surface area (Å²) >= 11 is 1.81. The second-order valence-electron chi connectivity index (χ2n) is 4.55. The molecule has 4 N–H and O–H groups in total. The van der Waals surface area contributed by atoms with Crippen molar-refractivity contribution in [3.63, 3.8) is 0 Å². The van der Waals surface area contributed by atoms with Gasteiger partial charge in [0.1, 0.15) is 11.3 Å². The van der Waals surface area contributed by atoms with Crippen molar-refractivity contribution in [2.45, 2.75) is 18.9 Å². The van der Waals surface area contributed by atoms with Crippen LogP contribution in [0.25, 0.3) is 0 Å². The van der Waals surface area contributed by atoms with Crippen LogP contribution in [0, 0.1) is 0 Å². The Bertz CT molecular complexity index is 515. The Balaban J connectivity index is 1.96. The average Bonchev–Trinajstić information content (AvgIpc) is 2.41. The van der Waals surface area contributed by atoms with E-state index in [-0.39, 0.29) is 23.4 Å². The molecule has 1 atom stereocenters. The molecular weight excluding hydrogens is 280 g/mol. The number of aromatic hydroxyl groups is 1. The maximum atomic E-state index is 11.8. The summed E-state index contributed by atoms with van der Waals surface area (Å²) in [7, 11) is 0. The third-order valence-corrected chi connectivity index (χ3v) is 4.20. The summed E-state index contributed by atoms with van der Waals surface area (Å²) in [6.07, 6.45) is 2.04. The third-order valence-electron chi connectivity index (χ3n) is 2.98. The average molecular weight is 296 g/mol. The first-order valence-corrected chi connectivity index (χ1v) is 7.43. The van der Waals surface area contributed by atoms with E-state index in [0.717, 1.165) is 24.3 Å². The topological polar surface area (TPSA) is 98.7 Å². The van der Waals surface area contributed by atoms with Crippen LogP contribution in [-0.2, 0) is 0 Å². The molecule has 0 aromatic heterocycles. The minimum absolute atomic E-state index is 0.143. The van der Waals surface area contributed by atoms with Gasteiger partial charge in [-0.05, 0) is 36.8 Å². The van der Waals surface area contributed by atoms with Crippen molar-refractivity contribution >= 4 is 29.4 Å². The van der Waals surface area contributed by atoms with Gasteiger partial charge in [0.25, 0.3) is 0 Å². The Labute approximate surface area is 120 Å². The summed E-state index contributed by atoms with van der Waals surface area (Å²) in [5.74, 6) is 0.450. The Morgan fingerprint density at radius 1 is 1.35 bits per heavy atom. The lowest BCUT2D eigenvalue weighted by molar-refractivity contribution is 0.0693. The standard InChI is InChI=1S/C13H16N2O4S/c16-11-4-3-8(6-10(11)12(17)18)14-13(19)15-9-2-1-5-20-7-9/h3-4,6,9,16H,1-2,5,7H2,(H,17,18)(H2,14,15,19). The number of urea groups is 1. The molecule has 108 valence electrons. The number of amides is 2. The highest BCUT2D eigenvalue weighted by Gasteiger charge is 2.16. The molecule has 1 heterocycles. The number of nitrogens with one attached hydrogen (secondary N) is 2. The van der Waals surface area contributed by atoms with E-state index in [2.05, 4.69) is 10.6 Å². The van der Waals surface area contributed by atoms with E-state index < -0.39 is 5.97 Å². The largest absolute Gasteiger partial charge is 0.507 e. The van der Waals surface area contributed by atoms with Crippen molar-refractivity contribution in [2.24, 2.45) is 0 Å². The Kier molecular flexibility index (Phi) is 4.73. The Morgan fingerprint density at radius 2 is 2.15 bits per heavy atom. The SMILES string of the molecule is O=C(Nc1ccc(O)c(C(=O)O)c1)NC1CCCSC1. The number of carbonyl (C=O) groups excluding carboxylic acids is 1. The molecule has 0 aliphatic carbocycles. The first-order chi connectivity index (χ1) is 9.56. The minimum Gasteiger partial charge on any atom is -0.507 e. The fraction of sp³-hybridized carbons (Fsp3) is 0.385. The number of benzene rings is 1. The smallest absolute Gasteiger partial charge is 0.339 e. The number of thioether (sulfide) groups is 1. The van der Waals surface area contributed by atoms with Gasteiger partial charge in [0, 0.05) is 17.5 Å². The molecule has 1 fully saturated rings. The molecule has 7 heteroatoms. The van der Waals surface area contributed by atoms with E-state index >= 15 is 0 Å². The second-order valence-corrected chi connectivity index (χ2v) is 5.70. The van der Waals surface area contributed by atoms with Gasteiger partial charge in [0.05, 0.1) is 0 Å². The maximum absolute atomic E-state index is 11.8. The molecule has 1 aromatic carbocycles. The summed E-state index contributed by atoms with van der Waals surface area (Å²) in [6.45, 7) is 0. The summed E-state index contributed by atoms with van der Waals surface area (Å²) in [5, 5.41) is 23.7. The highest BCUT2D eigenvalue weighted by Crippen LogP contribution is 2.21. The van der Waals surface area contributed by atoms with Crippen LogP contribution in [0.5, 0.6) is 5.75 Å². The van der Waals surface area contributed by atoms with Crippen LogP contribution in [0.15, 0.2) is 18.2 Å². The molecule has 1 aromatic rings. The van der Waals surface area contributed by atoms with Gasteiger partial charge < -0.3 is 20.8 Å². The van der Waals surface area contributed by atoms with Crippen LogP contribution in [-0.4, -0.2) is 39.8 Å². The van der Waals surface area contributed by atoms with Crippen molar-refractivity contribution < 1.29 is 19.8 Å². The van der Waals surface area contributed by atoms with Crippen molar-refractivity contribution in [1.82, 2.24) is 5.32 Å². The van der Waals surface area contributed by atoms with Crippen LogP contribution in [0.4, 0.5) is 10.5 Å². The van der Waals surface area contributed by atoms with E-state index in [1.807, 2.05) is 0 Å². The lowest BCUT2D eigenvalue weighted by Gasteiger charge is -2.22. The number of rotatable bonds is 3. The fourth-order valence-corrected chi connectivity index (χ4v) is 3.06. The zero-order valence-corrected chi connectivity index (χ0v) is 11.6. The van der Waals surface area contributed by atoms with Gasteiger partial charge in [0.15, 0.2) is 0 Å². The monoisotopic (exact) mass is 296 g/mol. The molecule has 2 amide bonds. The van der Waals surface area contributed by atoms with Gasteiger partial charge in [-0.2, -0.15) is 11.8 Å². The number of carboxylic acid groups (broad SMARTS) is 1. The number of anilines is 1. The summed E-state index contributed by atoms with van der Waals surface area (Å²) in [6, 6.07) is 3.71. The number of phenols is 1. The third kappa shape index (κ3) is 3.80. The van der Waals surface area contributed by atoms with Crippen LogP contribution in [0.1, 0.15) is 23.2 Å². The molecule has 0 radical (unpaired) electrons. The zero-order chi connectivity index (χ0) is 14.5. The molecule has 0 spiro atoms. The van der Waals surface area contributed by atoms with E-state index in [1.165, 1.54) is 18.2 Å². The predicted octanol–water partition coefficient (Wildman–Crippen LogP) is 2.11. The Morgan fingerprint density at radius 3 is 2.80 bits per heavy atom. The highest BCUT2D eigenvalue weighted by molar-refractivity contribution is 7.99. The maximum Gasteiger partial charge on any atom is 0.339 e. The molecule has 0 bridgehead atoms. The quantitative estimate of drug-likeness (QED) is 0.640. The second kappa shape index (κ2) is 6.51. The molecule has 1 unspecified atom stereocenters. The molecule has 0 saturated carbocycles. The van der Waals surface area contributed by atoms with Gasteiger partial charge in [-0.25, -0.2) is 9.59 Å². The molecule has 2 rings (SSSR count). The van der Waals surface area contributed by atoms with E-state index in [9.17, 15) is 14.7 Å². The van der Waals surface area contributed by atoms with Gasteiger partial charge in [-0.3, -0.25) is 0 Å². The summed E-state index contributed by atoms with van der Waals surface area (Å²) in [4.78, 5) is 22.7. The van der Waals surface area contributed by atoms with Crippen LogP contribution in [0.3, 0.4) is 0 Å². The number of carbonyl (C=O) groups is 2. The molecule has 1 saturated heterocycles. The molecule has 20 heavy (non-hydrogen) atoms. The number of hydrogen-bond acceptors (Lipinski definition) is 4. The molecular formula is C13H16N2O4S. The van der Waals surface area contributed by atoms with E-state index in [1.54, 1.807) is 11.8 Å². The van der Waals surface area contributed by atoms with E-state index in [4.69, 9.17) is 5.11 Å². The van der Waals surface area contributed by atoms with Gasteiger partial charge >= 0.3 is 12.0 Å². The van der Waals surface area contributed by atoms with Crippen LogP contribution < -0.4 is 10.6 Å². The number of aromatic carboxylic acids is 1. The number of carboxylic acids is 1. The van der Waals surface area contributed by atoms with Crippen molar-refractivity contribution in [3.05, 3.63) is 23.8 Å². The normalized spacial score (nSPS) is 18.3. The first-order valence-electron chi connectivity index (χ1n) is 6.28. The lowest BCUT2D eigenvalue weighted by Crippen LogP contribution is -2.40. The Hall–Kier alpha value is -1.89. The van der Waals surface area contributed by atoms with Crippen molar-refractivity contribution in [1.29, 1.82) is 0 Å². The molecule has 1 aliphatic rings. The van der Waals surface area contributed by atoms with Crippen LogP contribution in [0.2, 0.25) is 0 Å². The lowest BCUT2D eigenvalue weighted by atomic mass is 10.2. The highest BCUT2D eigenvalue weighted by atomic mass is 32.2. The molecule has 1 aliphatic heterocycles.